The van der Waals surface area contributed by atoms with Gasteiger partial charge < -0.3 is 10.1 Å². The number of benzene rings is 4. The molecule has 0 spiro atoms. The van der Waals surface area contributed by atoms with Crippen LogP contribution in [0.25, 0.3) is 0 Å². The summed E-state index contributed by atoms with van der Waals surface area (Å²) in [5.41, 5.74) is 0.461. The van der Waals surface area contributed by atoms with Crippen LogP contribution in [-0.2, 0) is 10.0 Å². The number of nitrogens with one attached hydrogen (secondary N) is 2. The second-order valence-electron chi connectivity index (χ2n) is 7.82. The lowest BCUT2D eigenvalue weighted by Crippen LogP contribution is -2.41. The Morgan fingerprint density at radius 2 is 1.46 bits per heavy atom. The van der Waals surface area contributed by atoms with Crippen LogP contribution >= 0.6 is 11.6 Å². The molecule has 0 saturated heterocycles. The number of sulfonamides is 1. The highest BCUT2D eigenvalue weighted by molar-refractivity contribution is 7.89. The molecule has 10 heteroatoms. The molecule has 4 aromatic rings. The molecule has 0 fully saturated rings. The number of hydrogen-bond donors (Lipinski definition) is 2. The van der Waals surface area contributed by atoms with Gasteiger partial charge in [0.25, 0.3) is 0 Å². The molecule has 2 amide bonds. The average Bonchev–Trinajstić information content (AvgIpc) is 2.89. The Bertz CT molecular complexity index is 1450. The molecule has 0 aromatic heterocycles. The van der Waals surface area contributed by atoms with Crippen LogP contribution in [0.5, 0.6) is 11.5 Å². The lowest BCUT2D eigenvalue weighted by Gasteiger charge is -2.24. The summed E-state index contributed by atoms with van der Waals surface area (Å²) in [6, 6.07) is 26.8. The number of nitrogens with zero attached hydrogens (tertiary/aromatic N) is 1. The average molecular weight is 540 g/mol. The molecule has 4 rings (SSSR count). The smallest absolute Gasteiger partial charge is 0.326 e. The van der Waals surface area contributed by atoms with E-state index in [1.807, 2.05) is 30.3 Å². The Morgan fingerprint density at radius 1 is 0.838 bits per heavy atom. The summed E-state index contributed by atoms with van der Waals surface area (Å²) < 4.78 is 47.7. The van der Waals surface area contributed by atoms with E-state index in [4.69, 9.17) is 16.3 Å². The van der Waals surface area contributed by atoms with Crippen molar-refractivity contribution in [3.8, 4) is 11.5 Å². The topological polar surface area (TPSA) is 87.7 Å². The Labute approximate surface area is 219 Å². The van der Waals surface area contributed by atoms with Gasteiger partial charge in [0.15, 0.2) is 0 Å². The number of amides is 2. The zero-order chi connectivity index (χ0) is 26.3. The summed E-state index contributed by atoms with van der Waals surface area (Å²) in [6.07, 6.45) is 0. The van der Waals surface area contributed by atoms with Crippen molar-refractivity contribution in [2.75, 3.05) is 23.3 Å². The predicted octanol–water partition coefficient (Wildman–Crippen LogP) is 6.29. The second-order valence-corrected chi connectivity index (χ2v) is 10.0. The van der Waals surface area contributed by atoms with Crippen LogP contribution in [0.4, 0.5) is 20.6 Å². The zero-order valence-corrected chi connectivity index (χ0v) is 21.0. The van der Waals surface area contributed by atoms with Gasteiger partial charge in [-0.3, -0.25) is 4.90 Å². The van der Waals surface area contributed by atoms with E-state index >= 15 is 0 Å². The van der Waals surface area contributed by atoms with Crippen LogP contribution in [0.15, 0.2) is 108 Å². The molecule has 2 N–H and O–H groups in total. The van der Waals surface area contributed by atoms with Gasteiger partial charge in [0, 0.05) is 23.8 Å². The Morgan fingerprint density at radius 3 is 2.14 bits per heavy atom. The minimum Gasteiger partial charge on any atom is -0.457 e. The monoisotopic (exact) mass is 539 g/mol. The molecule has 0 heterocycles. The maximum absolute atomic E-state index is 14.1. The number of ether oxygens (including phenoxy) is 1. The number of rotatable bonds is 9. The van der Waals surface area contributed by atoms with E-state index in [1.54, 1.807) is 30.3 Å². The third-order valence-electron chi connectivity index (χ3n) is 5.24. The largest absolute Gasteiger partial charge is 0.457 e. The first-order valence-corrected chi connectivity index (χ1v) is 13.1. The fourth-order valence-electron chi connectivity index (χ4n) is 3.40. The van der Waals surface area contributed by atoms with Gasteiger partial charge in [-0.05, 0) is 72.8 Å². The minimum absolute atomic E-state index is 0.00303. The fourth-order valence-corrected chi connectivity index (χ4v) is 4.55. The van der Waals surface area contributed by atoms with Gasteiger partial charge in [-0.25, -0.2) is 22.3 Å². The van der Waals surface area contributed by atoms with Crippen LogP contribution in [0, 0.1) is 5.82 Å². The van der Waals surface area contributed by atoms with Crippen LogP contribution in [-0.4, -0.2) is 27.5 Å². The van der Waals surface area contributed by atoms with Crippen LogP contribution in [0.1, 0.15) is 0 Å². The molecule has 0 bridgehead atoms. The second kappa shape index (κ2) is 11.9. The van der Waals surface area contributed by atoms with Crippen molar-refractivity contribution in [3.63, 3.8) is 0 Å². The molecule has 0 atom stereocenters. The van der Waals surface area contributed by atoms with Gasteiger partial charge in [0.1, 0.15) is 17.3 Å². The van der Waals surface area contributed by atoms with E-state index in [0.717, 1.165) is 0 Å². The van der Waals surface area contributed by atoms with E-state index in [2.05, 4.69) is 10.0 Å². The number of halogens is 2. The van der Waals surface area contributed by atoms with E-state index in [0.29, 0.717) is 22.2 Å². The van der Waals surface area contributed by atoms with E-state index < -0.39 is 21.9 Å². The van der Waals surface area contributed by atoms with Crippen molar-refractivity contribution in [1.82, 2.24) is 4.72 Å². The molecule has 0 aliphatic carbocycles. The fraction of sp³-hybridized carbons (Fsp3) is 0.0741. The van der Waals surface area contributed by atoms with Gasteiger partial charge in [0.05, 0.1) is 10.6 Å². The van der Waals surface area contributed by atoms with E-state index in [9.17, 15) is 17.6 Å². The molecule has 0 unspecified atom stereocenters. The standard InChI is InChI=1S/C27H23ClFN3O4S/c28-20-10-16-24(17-11-20)37(34,35)30-18-19-32(27(33)31-26-9-5-4-8-25(26)29)21-12-14-23(15-13-21)36-22-6-2-1-3-7-22/h1-17,30H,18-19H2,(H,31,33). The number of anilines is 2. The van der Waals surface area contributed by atoms with Gasteiger partial charge in [-0.2, -0.15) is 0 Å². The first kappa shape index (κ1) is 26.2. The first-order valence-electron chi connectivity index (χ1n) is 11.2. The highest BCUT2D eigenvalue weighted by Crippen LogP contribution is 2.25. The lowest BCUT2D eigenvalue weighted by molar-refractivity contribution is 0.257. The summed E-state index contributed by atoms with van der Waals surface area (Å²) in [5, 5.41) is 2.95. The first-order chi connectivity index (χ1) is 17.8. The van der Waals surface area contributed by atoms with Gasteiger partial charge in [-0.1, -0.05) is 41.9 Å². The maximum atomic E-state index is 14.1. The van der Waals surface area contributed by atoms with Crippen molar-refractivity contribution in [2.45, 2.75) is 4.90 Å². The molecular weight excluding hydrogens is 517 g/mol. The molecule has 4 aromatic carbocycles. The summed E-state index contributed by atoms with van der Waals surface area (Å²) in [5.74, 6) is 0.611. The number of carbonyl (C=O) groups is 1. The van der Waals surface area contributed by atoms with Crippen molar-refractivity contribution in [3.05, 3.63) is 114 Å². The van der Waals surface area contributed by atoms with Crippen LogP contribution < -0.4 is 19.7 Å². The Balaban J connectivity index is 1.51. The SMILES string of the molecule is O=C(Nc1ccccc1F)N(CCNS(=O)(=O)c1ccc(Cl)cc1)c1ccc(Oc2ccccc2)cc1. The highest BCUT2D eigenvalue weighted by atomic mass is 35.5. The van der Waals surface area contributed by atoms with Crippen LogP contribution in [0.3, 0.4) is 0 Å². The maximum Gasteiger partial charge on any atom is 0.326 e. The quantitative estimate of drug-likeness (QED) is 0.262. The van der Waals surface area contributed by atoms with Crippen LogP contribution in [0.2, 0.25) is 5.02 Å². The zero-order valence-electron chi connectivity index (χ0n) is 19.5. The van der Waals surface area contributed by atoms with Crippen molar-refractivity contribution in [1.29, 1.82) is 0 Å². The number of hydrogen-bond acceptors (Lipinski definition) is 4. The van der Waals surface area contributed by atoms with Gasteiger partial charge in [0.2, 0.25) is 10.0 Å². The number of para-hydroxylation sites is 2. The lowest BCUT2D eigenvalue weighted by atomic mass is 10.2. The molecule has 0 aliphatic heterocycles. The minimum atomic E-state index is -3.83. The van der Waals surface area contributed by atoms with Crippen molar-refractivity contribution >= 4 is 39.0 Å². The predicted molar refractivity (Wildman–Crippen MR) is 142 cm³/mol. The molecule has 190 valence electrons. The highest BCUT2D eigenvalue weighted by Gasteiger charge is 2.20. The Hall–Kier alpha value is -3.92. The third-order valence-corrected chi connectivity index (χ3v) is 6.97. The molecule has 37 heavy (non-hydrogen) atoms. The summed E-state index contributed by atoms with van der Waals surface area (Å²) in [7, 11) is -3.83. The van der Waals surface area contributed by atoms with Gasteiger partial charge >= 0.3 is 6.03 Å². The van der Waals surface area contributed by atoms with E-state index in [-0.39, 0.29) is 23.7 Å². The normalized spacial score (nSPS) is 11.1. The third kappa shape index (κ3) is 7.07. The van der Waals surface area contributed by atoms with Gasteiger partial charge in [-0.15, -0.1) is 0 Å². The number of carbonyl (C=O) groups excluding carboxylic acids is 1. The van der Waals surface area contributed by atoms with Crippen molar-refractivity contribution in [2.24, 2.45) is 0 Å². The summed E-state index contributed by atoms with van der Waals surface area (Å²) in [4.78, 5) is 14.5. The molecule has 0 saturated carbocycles. The Kier molecular flexibility index (Phi) is 8.39. The molecule has 7 nitrogen and oxygen atoms in total. The molecule has 0 aliphatic rings. The van der Waals surface area contributed by atoms with Crippen molar-refractivity contribution < 1.29 is 22.3 Å². The molecule has 0 radical (unpaired) electrons. The molecular formula is C27H23ClFN3O4S. The summed E-state index contributed by atoms with van der Waals surface area (Å²) >= 11 is 5.84. The number of urea groups is 1. The van der Waals surface area contributed by atoms with E-state index in [1.165, 1.54) is 47.4 Å². The summed E-state index contributed by atoms with van der Waals surface area (Å²) in [6.45, 7) is -0.135.